The highest BCUT2D eigenvalue weighted by Crippen LogP contribution is 2.41. The highest BCUT2D eigenvalue weighted by atomic mass is 32.2. The number of benzene rings is 2. The van der Waals surface area contributed by atoms with Crippen molar-refractivity contribution in [3.8, 4) is 40.1 Å². The van der Waals surface area contributed by atoms with Crippen LogP contribution in [0.3, 0.4) is 0 Å². The Labute approximate surface area is 183 Å². The van der Waals surface area contributed by atoms with Crippen molar-refractivity contribution in [1.29, 1.82) is 0 Å². The molecule has 1 amide bonds. The van der Waals surface area contributed by atoms with Gasteiger partial charge >= 0.3 is 0 Å². The predicted molar refractivity (Wildman–Crippen MR) is 116 cm³/mol. The van der Waals surface area contributed by atoms with E-state index in [0.717, 1.165) is 5.69 Å². The Morgan fingerprint density at radius 1 is 1.00 bits per heavy atom. The van der Waals surface area contributed by atoms with E-state index in [4.69, 9.17) is 24.8 Å². The Morgan fingerprint density at radius 3 is 2.16 bits per heavy atom. The van der Waals surface area contributed by atoms with Crippen LogP contribution in [-0.4, -0.2) is 54.9 Å². The zero-order valence-corrected chi connectivity index (χ0v) is 18.4. The Kier molecular flexibility index (Phi) is 7.21. The number of nitrogens with two attached hydrogens (primary N) is 1. The average molecular weight is 446 g/mol. The SMILES string of the molecule is COc1ccc(-n2c(SCC(=O)NN)nnc2-c2cc(OC)c(OC)c(OC)c2)cc1. The molecule has 0 radical (unpaired) electrons. The van der Waals surface area contributed by atoms with Crippen molar-refractivity contribution in [2.75, 3.05) is 34.2 Å². The molecule has 0 bridgehead atoms. The number of aromatic nitrogens is 3. The quantitative estimate of drug-likeness (QED) is 0.220. The summed E-state index contributed by atoms with van der Waals surface area (Å²) in [6, 6.07) is 11.0. The zero-order chi connectivity index (χ0) is 22.4. The molecule has 0 aliphatic heterocycles. The van der Waals surface area contributed by atoms with Crippen LogP contribution in [0.2, 0.25) is 0 Å². The van der Waals surface area contributed by atoms with Gasteiger partial charge in [0.25, 0.3) is 0 Å². The van der Waals surface area contributed by atoms with Crippen molar-refractivity contribution in [3.05, 3.63) is 36.4 Å². The van der Waals surface area contributed by atoms with E-state index in [-0.39, 0.29) is 11.7 Å². The third kappa shape index (κ3) is 4.67. The molecule has 2 aromatic carbocycles. The summed E-state index contributed by atoms with van der Waals surface area (Å²) >= 11 is 1.21. The Balaban J connectivity index is 2.15. The summed E-state index contributed by atoms with van der Waals surface area (Å²) in [5, 5.41) is 9.16. The zero-order valence-electron chi connectivity index (χ0n) is 17.5. The summed E-state index contributed by atoms with van der Waals surface area (Å²) in [7, 11) is 6.23. The molecule has 3 N–H and O–H groups in total. The van der Waals surface area contributed by atoms with Crippen molar-refractivity contribution in [2.24, 2.45) is 5.84 Å². The van der Waals surface area contributed by atoms with E-state index in [9.17, 15) is 4.79 Å². The minimum absolute atomic E-state index is 0.0834. The first-order chi connectivity index (χ1) is 15.1. The van der Waals surface area contributed by atoms with E-state index in [1.54, 1.807) is 33.5 Å². The summed E-state index contributed by atoms with van der Waals surface area (Å²) in [4.78, 5) is 11.7. The molecule has 0 aliphatic carbocycles. The Morgan fingerprint density at radius 2 is 1.65 bits per heavy atom. The number of amides is 1. The van der Waals surface area contributed by atoms with Gasteiger partial charge in [0.1, 0.15) is 5.75 Å². The normalized spacial score (nSPS) is 10.5. The van der Waals surface area contributed by atoms with Gasteiger partial charge < -0.3 is 18.9 Å². The number of nitrogens with one attached hydrogen (secondary N) is 1. The van der Waals surface area contributed by atoms with Crippen LogP contribution in [-0.2, 0) is 4.79 Å². The van der Waals surface area contributed by atoms with E-state index >= 15 is 0 Å². The molecule has 1 heterocycles. The number of rotatable bonds is 9. The van der Waals surface area contributed by atoms with Crippen molar-refractivity contribution in [1.82, 2.24) is 20.2 Å². The molecule has 0 spiro atoms. The fourth-order valence-corrected chi connectivity index (χ4v) is 3.66. The van der Waals surface area contributed by atoms with Crippen LogP contribution in [0, 0.1) is 0 Å². The summed E-state index contributed by atoms with van der Waals surface area (Å²) in [6.07, 6.45) is 0. The molecular formula is C20H23N5O5S. The highest BCUT2D eigenvalue weighted by Gasteiger charge is 2.21. The maximum atomic E-state index is 11.7. The lowest BCUT2D eigenvalue weighted by molar-refractivity contribution is -0.118. The summed E-state index contributed by atoms with van der Waals surface area (Å²) in [5.41, 5.74) is 3.58. The first-order valence-corrected chi connectivity index (χ1v) is 10.1. The van der Waals surface area contributed by atoms with Crippen LogP contribution in [0.4, 0.5) is 0 Å². The van der Waals surface area contributed by atoms with Gasteiger partial charge in [-0.25, -0.2) is 5.84 Å². The number of thioether (sulfide) groups is 1. The number of nitrogens with zero attached hydrogens (tertiary/aromatic N) is 3. The van der Waals surface area contributed by atoms with Crippen LogP contribution in [0.25, 0.3) is 17.1 Å². The molecule has 1 aromatic heterocycles. The van der Waals surface area contributed by atoms with Crippen molar-refractivity contribution >= 4 is 17.7 Å². The summed E-state index contributed by atoms with van der Waals surface area (Å²) in [6.45, 7) is 0. The van der Waals surface area contributed by atoms with Gasteiger partial charge in [0, 0.05) is 11.3 Å². The minimum atomic E-state index is -0.330. The Bertz CT molecular complexity index is 1030. The lowest BCUT2D eigenvalue weighted by Crippen LogP contribution is -2.31. The fraction of sp³-hybridized carbons (Fsp3) is 0.250. The first kappa shape index (κ1) is 22.2. The molecule has 0 fully saturated rings. The standard InChI is InChI=1S/C20H23N5O5S/c1-27-14-7-5-13(6-8-14)25-19(23-24-20(25)31-11-17(26)22-21)12-9-15(28-2)18(30-4)16(10-12)29-3/h5-10H,11,21H2,1-4H3,(H,22,26). The van der Waals surface area contributed by atoms with E-state index in [0.29, 0.717) is 39.5 Å². The van der Waals surface area contributed by atoms with E-state index in [2.05, 4.69) is 15.6 Å². The molecule has 0 aliphatic rings. The second-order valence-electron chi connectivity index (χ2n) is 6.11. The van der Waals surface area contributed by atoms with Gasteiger partial charge in [-0.3, -0.25) is 14.8 Å². The lowest BCUT2D eigenvalue weighted by Gasteiger charge is -2.15. The third-order valence-electron chi connectivity index (χ3n) is 4.38. The molecule has 0 saturated carbocycles. The first-order valence-electron chi connectivity index (χ1n) is 9.08. The second kappa shape index (κ2) is 10.0. The predicted octanol–water partition coefficient (Wildman–Crippen LogP) is 2.05. The molecule has 164 valence electrons. The fourth-order valence-electron chi connectivity index (χ4n) is 2.90. The number of hydrogen-bond acceptors (Lipinski definition) is 9. The van der Waals surface area contributed by atoms with Gasteiger partial charge in [0.2, 0.25) is 11.7 Å². The van der Waals surface area contributed by atoms with Crippen molar-refractivity contribution < 1.29 is 23.7 Å². The monoisotopic (exact) mass is 445 g/mol. The van der Waals surface area contributed by atoms with Gasteiger partial charge in [0.05, 0.1) is 34.2 Å². The van der Waals surface area contributed by atoms with Gasteiger partial charge in [-0.15, -0.1) is 10.2 Å². The van der Waals surface area contributed by atoms with Crippen molar-refractivity contribution in [2.45, 2.75) is 5.16 Å². The molecule has 0 unspecified atom stereocenters. The largest absolute Gasteiger partial charge is 0.497 e. The number of hydrogen-bond donors (Lipinski definition) is 2. The Hall–Kier alpha value is -3.44. The van der Waals surface area contributed by atoms with Crippen LogP contribution < -0.4 is 30.2 Å². The number of ether oxygens (including phenoxy) is 4. The summed E-state index contributed by atoms with van der Waals surface area (Å²) in [5.74, 6) is 7.63. The average Bonchev–Trinajstić information content (AvgIpc) is 3.25. The number of hydrazine groups is 1. The molecule has 11 heteroatoms. The number of methoxy groups -OCH3 is 4. The molecular weight excluding hydrogens is 422 g/mol. The van der Waals surface area contributed by atoms with E-state index in [1.165, 1.54) is 18.9 Å². The molecule has 0 saturated heterocycles. The molecule has 3 rings (SSSR count). The smallest absolute Gasteiger partial charge is 0.244 e. The maximum absolute atomic E-state index is 11.7. The minimum Gasteiger partial charge on any atom is -0.497 e. The number of carbonyl (C=O) groups is 1. The maximum Gasteiger partial charge on any atom is 0.244 e. The third-order valence-corrected chi connectivity index (χ3v) is 5.31. The van der Waals surface area contributed by atoms with Crippen LogP contribution >= 0.6 is 11.8 Å². The van der Waals surface area contributed by atoms with Crippen molar-refractivity contribution in [3.63, 3.8) is 0 Å². The van der Waals surface area contributed by atoms with Gasteiger partial charge in [-0.2, -0.15) is 0 Å². The lowest BCUT2D eigenvalue weighted by atomic mass is 10.1. The highest BCUT2D eigenvalue weighted by molar-refractivity contribution is 7.99. The van der Waals surface area contributed by atoms with Gasteiger partial charge in [0.15, 0.2) is 22.5 Å². The molecule has 10 nitrogen and oxygen atoms in total. The second-order valence-corrected chi connectivity index (χ2v) is 7.05. The number of carbonyl (C=O) groups excluding carboxylic acids is 1. The van der Waals surface area contributed by atoms with E-state index < -0.39 is 0 Å². The van der Waals surface area contributed by atoms with Crippen LogP contribution in [0.1, 0.15) is 0 Å². The van der Waals surface area contributed by atoms with Crippen LogP contribution in [0.5, 0.6) is 23.0 Å². The topological polar surface area (TPSA) is 123 Å². The van der Waals surface area contributed by atoms with Gasteiger partial charge in [-0.05, 0) is 36.4 Å². The van der Waals surface area contributed by atoms with E-state index in [1.807, 2.05) is 28.8 Å². The molecule has 0 atom stereocenters. The summed E-state index contributed by atoms with van der Waals surface area (Å²) < 4.78 is 23.4. The van der Waals surface area contributed by atoms with Crippen LogP contribution in [0.15, 0.2) is 41.6 Å². The molecule has 31 heavy (non-hydrogen) atoms. The molecule has 3 aromatic rings. The van der Waals surface area contributed by atoms with Gasteiger partial charge in [-0.1, -0.05) is 11.8 Å².